The lowest BCUT2D eigenvalue weighted by atomic mass is 9.71. The Morgan fingerprint density at radius 2 is 1.95 bits per heavy atom. The van der Waals surface area contributed by atoms with Crippen LogP contribution >= 0.6 is 0 Å². The van der Waals surface area contributed by atoms with Crippen LogP contribution in [-0.2, 0) is 12.0 Å². The summed E-state index contributed by atoms with van der Waals surface area (Å²) in [6.45, 7) is 7.58. The fourth-order valence-corrected chi connectivity index (χ4v) is 3.35. The van der Waals surface area contributed by atoms with E-state index < -0.39 is 0 Å². The molecule has 0 fully saturated rings. The Morgan fingerprint density at radius 1 is 1.14 bits per heavy atom. The summed E-state index contributed by atoms with van der Waals surface area (Å²) in [7, 11) is 0. The van der Waals surface area contributed by atoms with Gasteiger partial charge >= 0.3 is 0 Å². The average Bonchev–Trinajstić information content (AvgIpc) is 2.47. The summed E-state index contributed by atoms with van der Waals surface area (Å²) in [5.74, 6) is 0. The number of aryl methyl sites for hydroxylation is 1. The molecule has 1 aromatic heterocycles. The summed E-state index contributed by atoms with van der Waals surface area (Å²) in [5.41, 5.74) is 5.44. The van der Waals surface area contributed by atoms with Gasteiger partial charge < -0.3 is 5.32 Å². The summed E-state index contributed by atoms with van der Waals surface area (Å²) < 4.78 is 0. The van der Waals surface area contributed by atoms with Gasteiger partial charge in [0.15, 0.2) is 0 Å². The van der Waals surface area contributed by atoms with E-state index in [2.05, 4.69) is 60.5 Å². The van der Waals surface area contributed by atoms with Gasteiger partial charge in [-0.15, -0.1) is 0 Å². The van der Waals surface area contributed by atoms with E-state index in [0.29, 0.717) is 6.04 Å². The lowest BCUT2D eigenvalue weighted by Crippen LogP contribution is -2.32. The van der Waals surface area contributed by atoms with Crippen LogP contribution in [0.4, 0.5) is 0 Å². The van der Waals surface area contributed by atoms with Crippen molar-refractivity contribution in [2.24, 2.45) is 0 Å². The highest BCUT2D eigenvalue weighted by Crippen LogP contribution is 2.41. The molecule has 0 saturated heterocycles. The molecule has 1 heterocycles. The molecule has 0 aliphatic heterocycles. The van der Waals surface area contributed by atoms with Gasteiger partial charge in [0.1, 0.15) is 0 Å². The summed E-state index contributed by atoms with van der Waals surface area (Å²) >= 11 is 0. The topological polar surface area (TPSA) is 24.9 Å². The van der Waals surface area contributed by atoms with Gasteiger partial charge in [-0.2, -0.15) is 0 Å². The Kier molecular flexibility index (Phi) is 3.81. The molecule has 0 bridgehead atoms. The number of fused-ring (bicyclic) bond motifs is 1. The van der Waals surface area contributed by atoms with Crippen molar-refractivity contribution in [3.63, 3.8) is 0 Å². The van der Waals surface area contributed by atoms with Gasteiger partial charge in [-0.25, -0.2) is 0 Å². The number of pyridine rings is 1. The van der Waals surface area contributed by atoms with Gasteiger partial charge in [0.05, 0.1) is 5.69 Å². The Labute approximate surface area is 127 Å². The zero-order valence-corrected chi connectivity index (χ0v) is 13.2. The molecule has 0 spiro atoms. The molecule has 1 aliphatic carbocycles. The molecule has 3 rings (SSSR count). The smallest absolute Gasteiger partial charge is 0.0545 e. The Bertz CT molecular complexity index is 631. The van der Waals surface area contributed by atoms with E-state index in [1.807, 2.05) is 13.0 Å². The van der Waals surface area contributed by atoms with Crippen molar-refractivity contribution in [2.45, 2.75) is 51.6 Å². The number of benzene rings is 1. The summed E-state index contributed by atoms with van der Waals surface area (Å²) in [4.78, 5) is 4.58. The summed E-state index contributed by atoms with van der Waals surface area (Å²) in [6, 6.07) is 15.5. The number of rotatable bonds is 3. The van der Waals surface area contributed by atoms with Crippen molar-refractivity contribution in [3.8, 4) is 0 Å². The van der Waals surface area contributed by atoms with Crippen molar-refractivity contribution < 1.29 is 0 Å². The molecule has 0 amide bonds. The lowest BCUT2D eigenvalue weighted by Gasteiger charge is -2.37. The van der Waals surface area contributed by atoms with Gasteiger partial charge in [-0.05, 0) is 48.4 Å². The number of hydrogen-bond donors (Lipinski definition) is 1. The van der Waals surface area contributed by atoms with Crippen LogP contribution in [0.25, 0.3) is 0 Å². The standard InChI is InChI=1S/C19H24N2/c1-14-7-6-8-15(21-14)13-20-18-11-12-19(2,3)17-10-5-4-9-16(17)18/h4-10,18,20H,11-13H2,1-3H3. The molecule has 1 atom stereocenters. The second-order valence-electron chi connectivity index (χ2n) is 6.71. The quantitative estimate of drug-likeness (QED) is 0.907. The molecule has 0 radical (unpaired) electrons. The van der Waals surface area contributed by atoms with Gasteiger partial charge in [0.25, 0.3) is 0 Å². The van der Waals surface area contributed by atoms with E-state index in [9.17, 15) is 0 Å². The van der Waals surface area contributed by atoms with Crippen LogP contribution < -0.4 is 5.32 Å². The zero-order valence-electron chi connectivity index (χ0n) is 13.2. The molecule has 21 heavy (non-hydrogen) atoms. The maximum absolute atomic E-state index is 4.58. The lowest BCUT2D eigenvalue weighted by molar-refractivity contribution is 0.356. The average molecular weight is 280 g/mol. The van der Waals surface area contributed by atoms with E-state index in [0.717, 1.165) is 17.9 Å². The first-order valence-corrected chi connectivity index (χ1v) is 7.81. The second kappa shape index (κ2) is 5.61. The zero-order chi connectivity index (χ0) is 14.9. The van der Waals surface area contributed by atoms with Gasteiger partial charge in [0.2, 0.25) is 0 Å². The molecule has 1 unspecified atom stereocenters. The van der Waals surface area contributed by atoms with E-state index >= 15 is 0 Å². The van der Waals surface area contributed by atoms with Gasteiger partial charge in [0, 0.05) is 18.3 Å². The summed E-state index contributed by atoms with van der Waals surface area (Å²) in [6.07, 6.45) is 2.42. The molecule has 0 saturated carbocycles. The highest BCUT2D eigenvalue weighted by Gasteiger charge is 2.31. The van der Waals surface area contributed by atoms with Crippen molar-refractivity contribution in [1.82, 2.24) is 10.3 Å². The molecule has 1 aliphatic rings. The first-order valence-electron chi connectivity index (χ1n) is 7.81. The predicted octanol–water partition coefficient (Wildman–Crippen LogP) is 4.29. The van der Waals surface area contributed by atoms with Crippen molar-refractivity contribution in [3.05, 3.63) is 65.0 Å². The van der Waals surface area contributed by atoms with Crippen LogP contribution in [0.3, 0.4) is 0 Å². The minimum Gasteiger partial charge on any atom is -0.304 e. The van der Waals surface area contributed by atoms with Crippen LogP contribution in [0.2, 0.25) is 0 Å². The minimum atomic E-state index is 0.288. The maximum Gasteiger partial charge on any atom is 0.0545 e. The molecular weight excluding hydrogens is 256 g/mol. The maximum atomic E-state index is 4.58. The van der Waals surface area contributed by atoms with Crippen LogP contribution in [0, 0.1) is 6.92 Å². The van der Waals surface area contributed by atoms with E-state index in [1.165, 1.54) is 24.0 Å². The highest BCUT2D eigenvalue weighted by molar-refractivity contribution is 5.38. The predicted molar refractivity (Wildman–Crippen MR) is 87.3 cm³/mol. The SMILES string of the molecule is Cc1cccc(CNC2CCC(C)(C)c3ccccc32)n1. The van der Waals surface area contributed by atoms with Gasteiger partial charge in [-0.3, -0.25) is 4.98 Å². The molecule has 2 heteroatoms. The normalized spacial score (nSPS) is 20.0. The van der Waals surface area contributed by atoms with E-state index in [1.54, 1.807) is 0 Å². The number of hydrogen-bond acceptors (Lipinski definition) is 2. The van der Waals surface area contributed by atoms with Crippen molar-refractivity contribution >= 4 is 0 Å². The Balaban J connectivity index is 1.78. The number of nitrogens with one attached hydrogen (secondary N) is 1. The summed E-state index contributed by atoms with van der Waals surface area (Å²) in [5, 5.41) is 3.70. The number of nitrogens with zero attached hydrogens (tertiary/aromatic N) is 1. The van der Waals surface area contributed by atoms with Crippen LogP contribution in [0.15, 0.2) is 42.5 Å². The largest absolute Gasteiger partial charge is 0.304 e. The first-order chi connectivity index (χ1) is 10.1. The van der Waals surface area contributed by atoms with E-state index in [-0.39, 0.29) is 5.41 Å². The Hall–Kier alpha value is -1.67. The highest BCUT2D eigenvalue weighted by atomic mass is 14.9. The fraction of sp³-hybridized carbons (Fsp3) is 0.421. The molecule has 1 N–H and O–H groups in total. The third-order valence-electron chi connectivity index (χ3n) is 4.60. The third kappa shape index (κ3) is 3.01. The van der Waals surface area contributed by atoms with Crippen molar-refractivity contribution in [1.29, 1.82) is 0 Å². The molecule has 2 nitrogen and oxygen atoms in total. The molecule has 2 aromatic rings. The second-order valence-corrected chi connectivity index (χ2v) is 6.71. The van der Waals surface area contributed by atoms with Gasteiger partial charge in [-0.1, -0.05) is 44.2 Å². The molecule has 110 valence electrons. The van der Waals surface area contributed by atoms with E-state index in [4.69, 9.17) is 0 Å². The number of aromatic nitrogens is 1. The monoisotopic (exact) mass is 280 g/mol. The van der Waals surface area contributed by atoms with Crippen LogP contribution in [0.5, 0.6) is 0 Å². The molecular formula is C19H24N2. The van der Waals surface area contributed by atoms with Crippen LogP contribution in [-0.4, -0.2) is 4.98 Å². The Morgan fingerprint density at radius 3 is 2.76 bits per heavy atom. The fourth-order valence-electron chi connectivity index (χ4n) is 3.35. The third-order valence-corrected chi connectivity index (χ3v) is 4.60. The first kappa shape index (κ1) is 14.3. The minimum absolute atomic E-state index is 0.288. The van der Waals surface area contributed by atoms with Crippen molar-refractivity contribution in [2.75, 3.05) is 0 Å². The molecule has 1 aromatic carbocycles. The van der Waals surface area contributed by atoms with Crippen LogP contribution in [0.1, 0.15) is 55.2 Å².